The van der Waals surface area contributed by atoms with E-state index in [1.807, 2.05) is 0 Å². The van der Waals surface area contributed by atoms with Crippen LogP contribution < -0.4 is 0 Å². The smallest absolute Gasteiger partial charge is 0.0576 e. The Morgan fingerprint density at radius 3 is 2.50 bits per heavy atom. The number of hydrogen-bond acceptors (Lipinski definition) is 2. The first-order chi connectivity index (χ1) is 7.84. The van der Waals surface area contributed by atoms with Gasteiger partial charge in [0, 0.05) is 6.61 Å². The molecule has 2 atom stereocenters. The molecular weight excluding hydrogens is 200 g/mol. The van der Waals surface area contributed by atoms with E-state index in [-0.39, 0.29) is 6.10 Å². The normalized spacial score (nSPS) is 29.4. The predicted octanol–water partition coefficient (Wildman–Crippen LogP) is 3.28. The lowest BCUT2D eigenvalue weighted by Crippen LogP contribution is -2.21. The maximum Gasteiger partial charge on any atom is 0.0576 e. The van der Waals surface area contributed by atoms with Crippen LogP contribution in [0.1, 0.15) is 64.2 Å². The first-order valence-corrected chi connectivity index (χ1v) is 7.14. The van der Waals surface area contributed by atoms with Crippen molar-refractivity contribution in [3.63, 3.8) is 0 Å². The second-order valence-electron chi connectivity index (χ2n) is 5.61. The average Bonchev–Trinajstić information content (AvgIpc) is 2.81. The summed E-state index contributed by atoms with van der Waals surface area (Å²) in [7, 11) is 0. The van der Waals surface area contributed by atoms with Crippen molar-refractivity contribution in [1.29, 1.82) is 0 Å². The largest absolute Gasteiger partial charge is 0.393 e. The van der Waals surface area contributed by atoms with Crippen LogP contribution in [0.5, 0.6) is 0 Å². The Morgan fingerprint density at radius 1 is 1.06 bits per heavy atom. The van der Waals surface area contributed by atoms with Gasteiger partial charge in [0.25, 0.3) is 0 Å². The number of aliphatic hydroxyl groups is 1. The van der Waals surface area contributed by atoms with E-state index in [2.05, 4.69) is 0 Å². The molecule has 1 saturated carbocycles. The Kier molecular flexibility index (Phi) is 5.11. The van der Waals surface area contributed by atoms with Gasteiger partial charge in [0.05, 0.1) is 12.2 Å². The van der Waals surface area contributed by atoms with Gasteiger partial charge in [-0.1, -0.05) is 25.7 Å². The molecule has 0 aromatic carbocycles. The molecule has 2 nitrogen and oxygen atoms in total. The van der Waals surface area contributed by atoms with Crippen LogP contribution in [0.25, 0.3) is 0 Å². The standard InChI is InChI=1S/C14H26O2/c15-13(11-12-5-1-2-6-12)8-9-14-7-3-4-10-16-14/h12-15H,1-11H2. The average molecular weight is 226 g/mol. The van der Waals surface area contributed by atoms with Crippen LogP contribution in [0.4, 0.5) is 0 Å². The highest BCUT2D eigenvalue weighted by atomic mass is 16.5. The summed E-state index contributed by atoms with van der Waals surface area (Å²) >= 11 is 0. The Hall–Kier alpha value is -0.0800. The molecule has 1 saturated heterocycles. The molecule has 0 aromatic heterocycles. The molecule has 16 heavy (non-hydrogen) atoms. The van der Waals surface area contributed by atoms with Gasteiger partial charge in [0.15, 0.2) is 0 Å². The first kappa shape index (κ1) is 12.4. The second-order valence-corrected chi connectivity index (χ2v) is 5.61. The van der Waals surface area contributed by atoms with Gasteiger partial charge in [-0.05, 0) is 44.4 Å². The highest BCUT2D eigenvalue weighted by molar-refractivity contribution is 4.73. The van der Waals surface area contributed by atoms with E-state index >= 15 is 0 Å². The molecule has 2 aliphatic rings. The zero-order chi connectivity index (χ0) is 11.2. The summed E-state index contributed by atoms with van der Waals surface area (Å²) in [6, 6.07) is 0. The minimum Gasteiger partial charge on any atom is -0.393 e. The van der Waals surface area contributed by atoms with E-state index in [9.17, 15) is 5.11 Å². The first-order valence-electron chi connectivity index (χ1n) is 7.14. The fourth-order valence-electron chi connectivity index (χ4n) is 3.16. The maximum absolute atomic E-state index is 9.98. The van der Waals surface area contributed by atoms with Crippen LogP contribution in [-0.4, -0.2) is 23.9 Å². The Bertz CT molecular complexity index is 181. The Morgan fingerprint density at radius 2 is 1.81 bits per heavy atom. The van der Waals surface area contributed by atoms with Crippen molar-refractivity contribution in [2.75, 3.05) is 6.61 Å². The Labute approximate surface area is 99.4 Å². The molecule has 0 bridgehead atoms. The summed E-state index contributed by atoms with van der Waals surface area (Å²) in [6.07, 6.45) is 12.6. The van der Waals surface area contributed by atoms with E-state index < -0.39 is 0 Å². The molecule has 0 amide bonds. The Balaban J connectivity index is 1.57. The summed E-state index contributed by atoms with van der Waals surface area (Å²) in [6.45, 7) is 0.934. The molecule has 0 spiro atoms. The zero-order valence-electron chi connectivity index (χ0n) is 10.4. The van der Waals surface area contributed by atoms with Gasteiger partial charge in [-0.15, -0.1) is 0 Å². The lowest BCUT2D eigenvalue weighted by Gasteiger charge is -2.24. The zero-order valence-corrected chi connectivity index (χ0v) is 10.4. The van der Waals surface area contributed by atoms with E-state index in [1.54, 1.807) is 0 Å². The highest BCUT2D eigenvalue weighted by Gasteiger charge is 2.20. The number of aliphatic hydroxyl groups excluding tert-OH is 1. The van der Waals surface area contributed by atoms with Crippen molar-refractivity contribution in [3.05, 3.63) is 0 Å². The fraction of sp³-hybridized carbons (Fsp3) is 1.00. The van der Waals surface area contributed by atoms with E-state index in [0.717, 1.165) is 31.8 Å². The van der Waals surface area contributed by atoms with Crippen LogP contribution in [0, 0.1) is 5.92 Å². The third-order valence-corrected chi connectivity index (χ3v) is 4.18. The van der Waals surface area contributed by atoms with Crippen LogP contribution in [-0.2, 0) is 4.74 Å². The van der Waals surface area contributed by atoms with Crippen molar-refractivity contribution in [2.45, 2.75) is 76.4 Å². The van der Waals surface area contributed by atoms with Gasteiger partial charge in [0.1, 0.15) is 0 Å². The predicted molar refractivity (Wildman–Crippen MR) is 65.4 cm³/mol. The van der Waals surface area contributed by atoms with Gasteiger partial charge in [-0.3, -0.25) is 0 Å². The van der Waals surface area contributed by atoms with Gasteiger partial charge in [0.2, 0.25) is 0 Å². The van der Waals surface area contributed by atoms with Gasteiger partial charge >= 0.3 is 0 Å². The SMILES string of the molecule is OC(CCC1CCCCO1)CC1CCCC1. The van der Waals surface area contributed by atoms with E-state index in [4.69, 9.17) is 4.74 Å². The lowest BCUT2D eigenvalue weighted by atomic mass is 9.95. The van der Waals surface area contributed by atoms with Gasteiger partial charge in [-0.2, -0.15) is 0 Å². The molecular formula is C14H26O2. The van der Waals surface area contributed by atoms with Gasteiger partial charge < -0.3 is 9.84 Å². The molecule has 0 radical (unpaired) electrons. The fourth-order valence-corrected chi connectivity index (χ4v) is 3.16. The monoisotopic (exact) mass is 226 g/mol. The van der Waals surface area contributed by atoms with Crippen LogP contribution >= 0.6 is 0 Å². The molecule has 94 valence electrons. The number of rotatable bonds is 5. The van der Waals surface area contributed by atoms with Crippen molar-refractivity contribution in [2.24, 2.45) is 5.92 Å². The minimum atomic E-state index is -0.0753. The summed E-state index contributed by atoms with van der Waals surface area (Å²) < 4.78 is 5.69. The maximum atomic E-state index is 9.98. The number of hydrogen-bond donors (Lipinski definition) is 1. The topological polar surface area (TPSA) is 29.5 Å². The summed E-state index contributed by atoms with van der Waals surface area (Å²) in [5.41, 5.74) is 0. The van der Waals surface area contributed by atoms with Crippen LogP contribution in [0.3, 0.4) is 0 Å². The van der Waals surface area contributed by atoms with E-state index in [1.165, 1.54) is 44.9 Å². The molecule has 1 aliphatic heterocycles. The highest BCUT2D eigenvalue weighted by Crippen LogP contribution is 2.29. The molecule has 1 heterocycles. The minimum absolute atomic E-state index is 0.0753. The van der Waals surface area contributed by atoms with Crippen LogP contribution in [0.2, 0.25) is 0 Å². The lowest BCUT2D eigenvalue weighted by molar-refractivity contribution is 0.000612. The quantitative estimate of drug-likeness (QED) is 0.779. The summed E-state index contributed by atoms with van der Waals surface area (Å²) in [5.74, 6) is 0.808. The molecule has 0 aromatic rings. The summed E-state index contributed by atoms with van der Waals surface area (Å²) in [5, 5.41) is 9.98. The molecule has 2 unspecified atom stereocenters. The molecule has 1 aliphatic carbocycles. The van der Waals surface area contributed by atoms with E-state index in [0.29, 0.717) is 6.10 Å². The number of ether oxygens (including phenoxy) is 1. The van der Waals surface area contributed by atoms with Crippen LogP contribution in [0.15, 0.2) is 0 Å². The second kappa shape index (κ2) is 6.61. The van der Waals surface area contributed by atoms with Crippen molar-refractivity contribution < 1.29 is 9.84 Å². The molecule has 2 fully saturated rings. The third-order valence-electron chi connectivity index (χ3n) is 4.18. The molecule has 2 heteroatoms. The van der Waals surface area contributed by atoms with Crippen molar-refractivity contribution in [1.82, 2.24) is 0 Å². The van der Waals surface area contributed by atoms with Crippen molar-refractivity contribution >= 4 is 0 Å². The summed E-state index contributed by atoms with van der Waals surface area (Å²) in [4.78, 5) is 0. The molecule has 2 rings (SSSR count). The van der Waals surface area contributed by atoms with Gasteiger partial charge in [-0.25, -0.2) is 0 Å². The van der Waals surface area contributed by atoms with Crippen molar-refractivity contribution in [3.8, 4) is 0 Å². The molecule has 1 N–H and O–H groups in total. The third kappa shape index (κ3) is 4.06.